The molecule has 0 saturated heterocycles. The van der Waals surface area contributed by atoms with Crippen LogP contribution in [0, 0.1) is 11.2 Å². The van der Waals surface area contributed by atoms with E-state index in [1.165, 1.54) is 36.4 Å². The highest BCUT2D eigenvalue weighted by Gasteiger charge is 2.15. The molecule has 0 bridgehead atoms. The minimum absolute atomic E-state index is 0.00185. The molecule has 0 aliphatic heterocycles. The summed E-state index contributed by atoms with van der Waals surface area (Å²) < 4.78 is 24.0. The van der Waals surface area contributed by atoms with Crippen LogP contribution in [0.2, 0.25) is 0 Å². The van der Waals surface area contributed by atoms with E-state index in [0.717, 1.165) is 5.56 Å². The van der Waals surface area contributed by atoms with Crippen LogP contribution >= 0.6 is 0 Å². The normalized spacial score (nSPS) is 11.1. The second kappa shape index (κ2) is 10.2. The number of hydrogen-bond donors (Lipinski definition) is 5. The Bertz CT molecular complexity index is 1390. The zero-order chi connectivity index (χ0) is 24.8. The van der Waals surface area contributed by atoms with Crippen molar-refractivity contribution in [3.63, 3.8) is 0 Å². The van der Waals surface area contributed by atoms with Crippen molar-refractivity contribution in [2.75, 3.05) is 0 Å². The lowest BCUT2D eigenvalue weighted by Crippen LogP contribution is -2.51. The van der Waals surface area contributed by atoms with Gasteiger partial charge in [-0.25, -0.2) is 4.39 Å². The molecule has 2 amide bonds. The Labute approximate surface area is 198 Å². The number of carbonyl (C=O) groups is 2. The van der Waals surface area contributed by atoms with Gasteiger partial charge in [-0.05, 0) is 48.5 Å². The summed E-state index contributed by atoms with van der Waals surface area (Å²) in [5.41, 5.74) is 11.7. The van der Waals surface area contributed by atoms with E-state index in [9.17, 15) is 14.0 Å². The molecular weight excluding hydrogens is 455 g/mol. The molecule has 0 spiro atoms. The lowest BCUT2D eigenvalue weighted by Gasteiger charge is -2.09. The van der Waals surface area contributed by atoms with Gasteiger partial charge in [0.1, 0.15) is 17.3 Å². The number of halogens is 1. The molecule has 176 valence electrons. The fraction of sp³-hybridized carbons (Fsp3) is 0. The number of hydrogen-bond acceptors (Lipinski definition) is 5. The molecule has 6 N–H and O–H groups in total. The summed E-state index contributed by atoms with van der Waals surface area (Å²) in [4.78, 5) is 28.2. The summed E-state index contributed by atoms with van der Waals surface area (Å²) in [6.45, 7) is 0. The summed E-state index contributed by atoms with van der Waals surface area (Å²) in [5, 5.41) is 10.1. The van der Waals surface area contributed by atoms with Crippen LogP contribution in [0.25, 0.3) is 22.6 Å². The van der Waals surface area contributed by atoms with E-state index >= 15 is 0 Å². The predicted octanol–water partition coefficient (Wildman–Crippen LogP) is 3.26. The Balaban J connectivity index is 1.29. The fourth-order valence-corrected chi connectivity index (χ4v) is 2.96. The molecule has 2 heterocycles. The maximum Gasteiger partial charge on any atom is 0.315 e. The molecule has 0 unspecified atom stereocenters. The monoisotopic (exact) mass is 474 g/mol. The Morgan fingerprint density at radius 1 is 0.800 bits per heavy atom. The van der Waals surface area contributed by atoms with E-state index in [1.54, 1.807) is 12.1 Å². The molecule has 4 aromatic rings. The topological polar surface area (TPSA) is 159 Å². The van der Waals surface area contributed by atoms with Crippen molar-refractivity contribution in [1.82, 2.24) is 16.2 Å². The maximum atomic E-state index is 13.1. The van der Waals surface area contributed by atoms with Crippen LogP contribution in [0.3, 0.4) is 0 Å². The third-order valence-electron chi connectivity index (χ3n) is 4.61. The molecule has 2 aromatic carbocycles. The molecule has 11 heteroatoms. The van der Waals surface area contributed by atoms with Gasteiger partial charge in [-0.1, -0.05) is 30.3 Å². The van der Waals surface area contributed by atoms with Crippen molar-refractivity contribution < 1.29 is 22.8 Å². The number of nitrogens with zero attached hydrogens (tertiary/aromatic N) is 1. The largest absolute Gasteiger partial charge is 0.451 e. The second-order valence-electron chi connectivity index (χ2n) is 7.08. The maximum absolute atomic E-state index is 13.1. The van der Waals surface area contributed by atoms with Gasteiger partial charge in [0, 0.05) is 11.1 Å². The van der Waals surface area contributed by atoms with E-state index in [2.05, 4.69) is 21.2 Å². The van der Waals surface area contributed by atoms with Gasteiger partial charge in [-0.3, -0.25) is 31.2 Å². The summed E-state index contributed by atoms with van der Waals surface area (Å²) in [6, 6.07) is 20.9. The number of rotatable bonds is 4. The Morgan fingerprint density at radius 3 is 2.09 bits per heavy atom. The molecule has 0 radical (unpaired) electrons. The van der Waals surface area contributed by atoms with Gasteiger partial charge in [0.15, 0.2) is 11.5 Å². The number of nitrogens with two attached hydrogens (primary N) is 1. The number of furan rings is 2. The standard InChI is InChI=1S/C24H19FN6O4/c25-16-8-6-15(7-9-16)18-11-13-20(35-18)22(33)29-24(27)31-30-23(26)28-21(32)19-12-10-17(34-19)14-4-2-1-3-5-14/h1-13H,(H3,26,28,30,32)(H3,27,29,31,33). The molecule has 35 heavy (non-hydrogen) atoms. The van der Waals surface area contributed by atoms with E-state index in [0.29, 0.717) is 17.1 Å². The van der Waals surface area contributed by atoms with Crippen LogP contribution in [0.1, 0.15) is 21.1 Å². The number of nitrogens with one attached hydrogen (secondary N) is 4. The Morgan fingerprint density at radius 2 is 1.40 bits per heavy atom. The summed E-state index contributed by atoms with van der Waals surface area (Å²) in [7, 11) is 0. The number of guanidine groups is 2. The van der Waals surface area contributed by atoms with Crippen molar-refractivity contribution in [3.05, 3.63) is 96.2 Å². The van der Waals surface area contributed by atoms with Crippen LogP contribution in [0.15, 0.2) is 92.7 Å². The number of amides is 2. The highest BCUT2D eigenvalue weighted by atomic mass is 19.1. The van der Waals surface area contributed by atoms with Crippen LogP contribution < -0.4 is 21.9 Å². The quantitative estimate of drug-likeness (QED) is 0.172. The first-order chi connectivity index (χ1) is 16.9. The first-order valence-electron chi connectivity index (χ1n) is 10.2. The number of hydrazine groups is 1. The molecule has 0 saturated carbocycles. The minimum Gasteiger partial charge on any atom is -0.451 e. The zero-order valence-corrected chi connectivity index (χ0v) is 18.0. The number of benzene rings is 2. The van der Waals surface area contributed by atoms with Gasteiger partial charge in [0.05, 0.1) is 0 Å². The third-order valence-corrected chi connectivity index (χ3v) is 4.61. The Hall–Kier alpha value is -5.19. The van der Waals surface area contributed by atoms with E-state index in [-0.39, 0.29) is 17.5 Å². The van der Waals surface area contributed by atoms with Crippen molar-refractivity contribution in [2.45, 2.75) is 0 Å². The molecule has 10 nitrogen and oxygen atoms in total. The van der Waals surface area contributed by atoms with Gasteiger partial charge in [0.25, 0.3) is 5.91 Å². The van der Waals surface area contributed by atoms with Crippen molar-refractivity contribution in [3.8, 4) is 22.6 Å². The van der Waals surface area contributed by atoms with Gasteiger partial charge >= 0.3 is 5.91 Å². The summed E-state index contributed by atoms with van der Waals surface area (Å²) in [5.74, 6) is -1.92. The molecule has 0 atom stereocenters. The van der Waals surface area contributed by atoms with Crippen LogP contribution in [-0.2, 0) is 0 Å². The highest BCUT2D eigenvalue weighted by Crippen LogP contribution is 2.23. The van der Waals surface area contributed by atoms with Gasteiger partial charge in [-0.2, -0.15) is 4.99 Å². The van der Waals surface area contributed by atoms with Crippen molar-refractivity contribution in [1.29, 1.82) is 5.41 Å². The van der Waals surface area contributed by atoms with Crippen LogP contribution in [0.4, 0.5) is 4.39 Å². The SMILES string of the molecule is N=C(NNC(N)=NC(=O)c1ccc(-c2ccc(F)cc2)o1)NC(=O)c1ccc(-c2ccccc2)o1. The molecular formula is C24H19FN6O4. The number of aliphatic imine (C=N–C) groups is 1. The highest BCUT2D eigenvalue weighted by molar-refractivity contribution is 6.04. The van der Waals surface area contributed by atoms with Gasteiger partial charge in [-0.15, -0.1) is 0 Å². The molecule has 0 aliphatic carbocycles. The lowest BCUT2D eigenvalue weighted by atomic mass is 10.2. The lowest BCUT2D eigenvalue weighted by molar-refractivity contribution is 0.0946. The smallest absolute Gasteiger partial charge is 0.315 e. The third kappa shape index (κ3) is 5.79. The van der Waals surface area contributed by atoms with E-state index in [1.807, 2.05) is 30.3 Å². The fourth-order valence-electron chi connectivity index (χ4n) is 2.96. The molecule has 0 aliphatic rings. The first kappa shape index (κ1) is 23.0. The predicted molar refractivity (Wildman–Crippen MR) is 126 cm³/mol. The van der Waals surface area contributed by atoms with Crippen molar-refractivity contribution >= 4 is 23.7 Å². The minimum atomic E-state index is -0.787. The second-order valence-corrected chi connectivity index (χ2v) is 7.08. The van der Waals surface area contributed by atoms with E-state index in [4.69, 9.17) is 20.0 Å². The zero-order valence-electron chi connectivity index (χ0n) is 18.0. The molecule has 0 fully saturated rings. The molecule has 4 rings (SSSR count). The van der Waals surface area contributed by atoms with Gasteiger partial charge < -0.3 is 14.6 Å². The van der Waals surface area contributed by atoms with Gasteiger partial charge in [0.2, 0.25) is 11.9 Å². The van der Waals surface area contributed by atoms with Crippen molar-refractivity contribution in [2.24, 2.45) is 10.7 Å². The van der Waals surface area contributed by atoms with Crippen LogP contribution in [-0.4, -0.2) is 23.7 Å². The molecule has 2 aromatic heterocycles. The summed E-state index contributed by atoms with van der Waals surface area (Å²) >= 11 is 0. The van der Waals surface area contributed by atoms with E-state index < -0.39 is 23.6 Å². The van der Waals surface area contributed by atoms with Crippen LogP contribution in [0.5, 0.6) is 0 Å². The number of carbonyl (C=O) groups excluding carboxylic acids is 2. The average molecular weight is 474 g/mol. The summed E-state index contributed by atoms with van der Waals surface area (Å²) in [6.07, 6.45) is 0. The average Bonchev–Trinajstić information content (AvgIpc) is 3.54. The first-order valence-corrected chi connectivity index (χ1v) is 10.2. The Kier molecular flexibility index (Phi) is 6.68.